The molecule has 0 aliphatic heterocycles. The van der Waals surface area contributed by atoms with Crippen LogP contribution < -0.4 is 0 Å². The molecule has 3 heteroatoms. The highest BCUT2D eigenvalue weighted by Crippen LogP contribution is 2.40. The number of rotatable bonds is 1. The van der Waals surface area contributed by atoms with Crippen molar-refractivity contribution in [2.24, 2.45) is 0 Å². The van der Waals surface area contributed by atoms with Crippen LogP contribution >= 0.6 is 11.3 Å². The fraction of sp³-hybridized carbons (Fsp3) is 0.786. The Kier molecular flexibility index (Phi) is 3.48. The SMILES string of the molecule is OC1CCCc2nc(C3CCCCCC3)sc21. The van der Waals surface area contributed by atoms with E-state index in [1.165, 1.54) is 54.1 Å². The van der Waals surface area contributed by atoms with Crippen molar-refractivity contribution in [1.29, 1.82) is 0 Å². The third kappa shape index (κ3) is 2.41. The first-order valence-corrected chi connectivity index (χ1v) is 7.84. The smallest absolute Gasteiger partial charge is 0.0963 e. The van der Waals surface area contributed by atoms with Crippen molar-refractivity contribution >= 4 is 11.3 Å². The van der Waals surface area contributed by atoms with Crippen molar-refractivity contribution < 1.29 is 5.11 Å². The molecular weight excluding hydrogens is 230 g/mol. The summed E-state index contributed by atoms with van der Waals surface area (Å²) in [6, 6.07) is 0. The molecule has 94 valence electrons. The van der Waals surface area contributed by atoms with E-state index in [1.807, 2.05) is 0 Å². The van der Waals surface area contributed by atoms with Crippen molar-refractivity contribution in [2.75, 3.05) is 0 Å². The van der Waals surface area contributed by atoms with Gasteiger partial charge in [-0.3, -0.25) is 0 Å². The molecule has 1 saturated carbocycles. The Balaban J connectivity index is 1.83. The Labute approximate surface area is 107 Å². The minimum Gasteiger partial charge on any atom is -0.388 e. The Bertz CT molecular complexity index is 380. The van der Waals surface area contributed by atoms with E-state index in [1.54, 1.807) is 11.3 Å². The highest BCUT2D eigenvalue weighted by atomic mass is 32.1. The molecule has 2 aliphatic rings. The maximum atomic E-state index is 10.00. The van der Waals surface area contributed by atoms with Crippen LogP contribution in [-0.4, -0.2) is 10.1 Å². The van der Waals surface area contributed by atoms with Crippen LogP contribution in [0.2, 0.25) is 0 Å². The number of hydrogen-bond donors (Lipinski definition) is 1. The van der Waals surface area contributed by atoms with Crippen molar-refractivity contribution in [3.05, 3.63) is 15.6 Å². The second-order valence-corrected chi connectivity index (χ2v) is 6.52. The molecule has 1 N–H and O–H groups in total. The van der Waals surface area contributed by atoms with E-state index in [2.05, 4.69) is 0 Å². The summed E-state index contributed by atoms with van der Waals surface area (Å²) < 4.78 is 0. The van der Waals surface area contributed by atoms with Gasteiger partial charge in [0.25, 0.3) is 0 Å². The van der Waals surface area contributed by atoms with Crippen molar-refractivity contribution in [3.8, 4) is 0 Å². The van der Waals surface area contributed by atoms with Crippen LogP contribution in [0, 0.1) is 0 Å². The third-order valence-electron chi connectivity index (χ3n) is 4.14. The number of aliphatic hydroxyl groups is 1. The summed E-state index contributed by atoms with van der Waals surface area (Å²) >= 11 is 1.80. The zero-order valence-electron chi connectivity index (χ0n) is 10.3. The lowest BCUT2D eigenvalue weighted by Crippen LogP contribution is -2.06. The van der Waals surface area contributed by atoms with E-state index in [0.29, 0.717) is 5.92 Å². The number of thiazole rings is 1. The monoisotopic (exact) mass is 251 g/mol. The maximum absolute atomic E-state index is 10.00. The molecule has 0 spiro atoms. The fourth-order valence-corrected chi connectivity index (χ4v) is 4.42. The maximum Gasteiger partial charge on any atom is 0.0963 e. The molecule has 0 saturated heterocycles. The van der Waals surface area contributed by atoms with Gasteiger partial charge in [-0.1, -0.05) is 25.7 Å². The van der Waals surface area contributed by atoms with Gasteiger partial charge in [0.05, 0.1) is 21.7 Å². The summed E-state index contributed by atoms with van der Waals surface area (Å²) in [4.78, 5) is 6.00. The zero-order valence-corrected chi connectivity index (χ0v) is 11.1. The van der Waals surface area contributed by atoms with Gasteiger partial charge in [0.15, 0.2) is 0 Å². The molecule has 1 unspecified atom stereocenters. The predicted octanol–water partition coefficient (Wildman–Crippen LogP) is 3.95. The first-order valence-electron chi connectivity index (χ1n) is 7.02. The molecule has 1 fully saturated rings. The van der Waals surface area contributed by atoms with Gasteiger partial charge in [-0.05, 0) is 32.1 Å². The fourth-order valence-electron chi connectivity index (χ4n) is 3.12. The largest absolute Gasteiger partial charge is 0.388 e. The molecule has 0 radical (unpaired) electrons. The molecule has 1 heterocycles. The Morgan fingerprint density at radius 2 is 1.76 bits per heavy atom. The number of nitrogens with zero attached hydrogens (tertiary/aromatic N) is 1. The molecule has 0 bridgehead atoms. The average molecular weight is 251 g/mol. The summed E-state index contributed by atoms with van der Waals surface area (Å²) in [6.45, 7) is 0. The minimum atomic E-state index is -0.226. The molecule has 17 heavy (non-hydrogen) atoms. The van der Waals surface area contributed by atoms with Crippen LogP contribution in [0.1, 0.15) is 79.0 Å². The van der Waals surface area contributed by atoms with E-state index in [-0.39, 0.29) is 6.10 Å². The summed E-state index contributed by atoms with van der Waals surface area (Å²) in [7, 11) is 0. The highest BCUT2D eigenvalue weighted by Gasteiger charge is 2.25. The van der Waals surface area contributed by atoms with Gasteiger partial charge >= 0.3 is 0 Å². The van der Waals surface area contributed by atoms with Crippen LogP contribution in [0.4, 0.5) is 0 Å². The van der Waals surface area contributed by atoms with Crippen LogP contribution in [0.15, 0.2) is 0 Å². The normalized spacial score (nSPS) is 26.5. The predicted molar refractivity (Wildman–Crippen MR) is 70.5 cm³/mol. The van der Waals surface area contributed by atoms with Crippen LogP contribution in [-0.2, 0) is 6.42 Å². The Morgan fingerprint density at radius 3 is 2.47 bits per heavy atom. The number of aliphatic hydroxyl groups excluding tert-OH is 1. The molecule has 1 aromatic rings. The van der Waals surface area contributed by atoms with E-state index in [0.717, 1.165) is 19.3 Å². The summed E-state index contributed by atoms with van der Waals surface area (Å²) in [5.74, 6) is 0.681. The van der Waals surface area contributed by atoms with E-state index in [4.69, 9.17) is 4.98 Å². The number of aromatic nitrogens is 1. The van der Waals surface area contributed by atoms with Crippen LogP contribution in [0.3, 0.4) is 0 Å². The summed E-state index contributed by atoms with van der Waals surface area (Å²) in [5.41, 5.74) is 1.20. The third-order valence-corrected chi connectivity index (χ3v) is 5.50. The number of aryl methyl sites for hydroxylation is 1. The number of fused-ring (bicyclic) bond motifs is 1. The van der Waals surface area contributed by atoms with Crippen molar-refractivity contribution in [1.82, 2.24) is 4.98 Å². The number of hydrogen-bond acceptors (Lipinski definition) is 3. The highest BCUT2D eigenvalue weighted by molar-refractivity contribution is 7.11. The first kappa shape index (κ1) is 11.7. The van der Waals surface area contributed by atoms with E-state index >= 15 is 0 Å². The molecule has 1 atom stereocenters. The van der Waals surface area contributed by atoms with Gasteiger partial charge in [0, 0.05) is 5.92 Å². The van der Waals surface area contributed by atoms with Gasteiger partial charge < -0.3 is 5.11 Å². The van der Waals surface area contributed by atoms with Crippen LogP contribution in [0.25, 0.3) is 0 Å². The standard InChI is InChI=1S/C14H21NOS/c16-12-9-5-8-11-13(12)17-14(15-11)10-6-3-1-2-4-7-10/h10,12,16H,1-9H2. The van der Waals surface area contributed by atoms with Crippen molar-refractivity contribution in [2.45, 2.75) is 69.8 Å². The van der Waals surface area contributed by atoms with Gasteiger partial charge in [-0.15, -0.1) is 11.3 Å². The lowest BCUT2D eigenvalue weighted by molar-refractivity contribution is 0.160. The van der Waals surface area contributed by atoms with Crippen LogP contribution in [0.5, 0.6) is 0 Å². The Hall–Kier alpha value is -0.410. The summed E-state index contributed by atoms with van der Waals surface area (Å²) in [6.07, 6.45) is 11.0. The van der Waals surface area contributed by atoms with Gasteiger partial charge in [-0.25, -0.2) is 4.98 Å². The zero-order chi connectivity index (χ0) is 11.7. The molecule has 3 rings (SSSR count). The Morgan fingerprint density at radius 1 is 1.00 bits per heavy atom. The van der Waals surface area contributed by atoms with Gasteiger partial charge in [-0.2, -0.15) is 0 Å². The van der Waals surface area contributed by atoms with Gasteiger partial charge in [0.2, 0.25) is 0 Å². The lowest BCUT2D eigenvalue weighted by Gasteiger charge is -2.14. The quantitative estimate of drug-likeness (QED) is 0.767. The van der Waals surface area contributed by atoms with E-state index < -0.39 is 0 Å². The van der Waals surface area contributed by atoms with E-state index in [9.17, 15) is 5.11 Å². The topological polar surface area (TPSA) is 33.1 Å². The molecule has 0 aromatic carbocycles. The molecule has 0 amide bonds. The lowest BCUT2D eigenvalue weighted by atomic mass is 9.99. The minimum absolute atomic E-state index is 0.226. The molecule has 1 aromatic heterocycles. The van der Waals surface area contributed by atoms with Crippen molar-refractivity contribution in [3.63, 3.8) is 0 Å². The second-order valence-electron chi connectivity index (χ2n) is 5.46. The molecular formula is C14H21NOS. The molecule has 2 nitrogen and oxygen atoms in total. The summed E-state index contributed by atoms with van der Waals surface area (Å²) in [5, 5.41) is 11.3. The first-order chi connectivity index (χ1) is 8.34. The average Bonchev–Trinajstić information content (AvgIpc) is 2.59. The molecule has 2 aliphatic carbocycles. The second kappa shape index (κ2) is 5.07. The van der Waals surface area contributed by atoms with Gasteiger partial charge in [0.1, 0.15) is 0 Å².